The zero-order valence-electron chi connectivity index (χ0n) is 23.6. The lowest BCUT2D eigenvalue weighted by atomic mass is 9.88. The third-order valence-corrected chi connectivity index (χ3v) is 4.21. The van der Waals surface area contributed by atoms with Gasteiger partial charge in [-0.05, 0) is 30.5 Å². The Morgan fingerprint density at radius 1 is 1.28 bits per heavy atom. The van der Waals surface area contributed by atoms with Crippen molar-refractivity contribution in [1.82, 2.24) is 34.6 Å². The minimum Gasteiger partial charge on any atom is -0.468 e. The lowest BCUT2D eigenvalue weighted by Gasteiger charge is -2.21. The van der Waals surface area contributed by atoms with Crippen LogP contribution >= 0.6 is 0 Å². The third-order valence-electron chi connectivity index (χ3n) is 4.21. The molecule has 0 amide bonds. The fourth-order valence-electron chi connectivity index (χ4n) is 2.77. The average molecular weight is 403 g/mol. The summed E-state index contributed by atoms with van der Waals surface area (Å²) in [5, 5.41) is 16.1. The summed E-state index contributed by atoms with van der Waals surface area (Å²) in [5.74, 6) is -0.917. The maximum absolute atomic E-state index is 14.5. The number of hydrogen-bond acceptors (Lipinski definition) is 6. The van der Waals surface area contributed by atoms with Gasteiger partial charge in [0.05, 0.1) is 8.30 Å². The highest BCUT2D eigenvalue weighted by Gasteiger charge is 2.24. The zero-order valence-corrected chi connectivity index (χ0v) is 15.6. The molecule has 8 nitrogen and oxygen atoms in total. The first-order valence-electron chi connectivity index (χ1n) is 12.6. The molecule has 0 spiro atoms. The van der Waals surface area contributed by atoms with E-state index < -0.39 is 38.0 Å². The van der Waals surface area contributed by atoms with Crippen LogP contribution in [0.4, 0.5) is 4.39 Å². The van der Waals surface area contributed by atoms with Gasteiger partial charge in [-0.2, -0.15) is 9.61 Å². The van der Waals surface area contributed by atoms with E-state index in [1.165, 1.54) is 42.6 Å². The highest BCUT2D eigenvalue weighted by molar-refractivity contribution is 5.60. The minimum absolute atomic E-state index is 0.0399. The van der Waals surface area contributed by atoms with E-state index in [1.807, 2.05) is 0 Å². The number of aromatic nitrogens is 7. The van der Waals surface area contributed by atoms with E-state index in [0.717, 1.165) is 6.33 Å². The highest BCUT2D eigenvalue weighted by Crippen LogP contribution is 2.32. The molecule has 0 aliphatic carbocycles. The van der Waals surface area contributed by atoms with Crippen LogP contribution < -0.4 is 4.74 Å². The number of ether oxygens (including phenoxy) is 1. The molecule has 9 heteroatoms. The number of rotatable bonds is 5. The van der Waals surface area contributed by atoms with Gasteiger partial charge in [0.2, 0.25) is 5.88 Å². The Hall–Kier alpha value is -3.36. The Labute approximate surface area is 178 Å². The summed E-state index contributed by atoms with van der Waals surface area (Å²) in [4.78, 5) is 3.90. The zero-order chi connectivity index (χ0) is 27.4. The Bertz CT molecular complexity index is 1440. The molecule has 4 aromatic rings. The van der Waals surface area contributed by atoms with Crippen molar-refractivity contribution in [3.8, 4) is 17.3 Å². The second-order valence-electron chi connectivity index (χ2n) is 6.75. The van der Waals surface area contributed by atoms with Crippen LogP contribution in [0.15, 0.2) is 36.7 Å². The molecule has 0 N–H and O–H groups in total. The first kappa shape index (κ1) is 11.6. The van der Waals surface area contributed by atoms with Crippen LogP contribution in [0.3, 0.4) is 0 Å². The molecule has 3 heterocycles. The lowest BCUT2D eigenvalue weighted by Crippen LogP contribution is -2.17. The predicted molar refractivity (Wildman–Crippen MR) is 105 cm³/mol. The topological polar surface area (TPSA) is 83.0 Å². The summed E-state index contributed by atoms with van der Waals surface area (Å²) in [5.41, 5.74) is -1.14. The first-order chi connectivity index (χ1) is 17.1. The van der Waals surface area contributed by atoms with Gasteiger partial charge in [-0.3, -0.25) is 0 Å². The van der Waals surface area contributed by atoms with Gasteiger partial charge in [0, 0.05) is 20.3 Å². The van der Waals surface area contributed by atoms with Gasteiger partial charge in [-0.15, -0.1) is 15.3 Å². The summed E-state index contributed by atoms with van der Waals surface area (Å²) < 4.78 is 84.5. The van der Waals surface area contributed by atoms with Crippen molar-refractivity contribution in [1.29, 1.82) is 0 Å². The molecular formula is C20H22FN7O. The van der Waals surface area contributed by atoms with Gasteiger partial charge >= 0.3 is 0 Å². The van der Waals surface area contributed by atoms with Crippen molar-refractivity contribution in [2.45, 2.75) is 46.1 Å². The maximum atomic E-state index is 14.5. The van der Waals surface area contributed by atoms with Crippen LogP contribution in [0.1, 0.15) is 49.9 Å². The molecule has 150 valence electrons. The van der Waals surface area contributed by atoms with Crippen LogP contribution in [0, 0.1) is 5.82 Å². The Kier molecular flexibility index (Phi) is 2.89. The predicted octanol–water partition coefficient (Wildman–Crippen LogP) is 3.42. The molecule has 0 saturated carbocycles. The molecule has 0 saturated heterocycles. The molecular weight excluding hydrogens is 373 g/mol. The minimum atomic E-state index is -3.06. The van der Waals surface area contributed by atoms with Crippen LogP contribution in [-0.2, 0) is 18.5 Å². The summed E-state index contributed by atoms with van der Waals surface area (Å²) in [6.45, 7) is -6.03. The fourth-order valence-corrected chi connectivity index (χ4v) is 2.77. The standard InChI is InChI=1S/C20H22FN7O/c1-5-27-17(22-12-23-27)11-29-19-14(20(2,3)4)10-16-24-25-18(28(16)26-19)13-8-6-7-9-15(13)21/h6-10,12H,5,11H2,1-4H3/i1D3,2D3,5D2. The quantitative estimate of drug-likeness (QED) is 0.508. The van der Waals surface area contributed by atoms with Crippen molar-refractivity contribution in [3.63, 3.8) is 0 Å². The lowest BCUT2D eigenvalue weighted by molar-refractivity contribution is 0.264. The molecule has 0 aliphatic rings. The van der Waals surface area contributed by atoms with Gasteiger partial charge in [0.1, 0.15) is 18.8 Å². The molecule has 3 aromatic heterocycles. The van der Waals surface area contributed by atoms with Gasteiger partial charge < -0.3 is 4.74 Å². The summed E-state index contributed by atoms with van der Waals surface area (Å²) >= 11 is 0. The molecule has 0 bridgehead atoms. The van der Waals surface area contributed by atoms with E-state index >= 15 is 0 Å². The third kappa shape index (κ3) is 3.55. The fraction of sp³-hybridized carbons (Fsp3) is 0.350. The number of benzene rings is 1. The number of aryl methyl sites for hydroxylation is 1. The first-order valence-corrected chi connectivity index (χ1v) is 8.60. The van der Waals surface area contributed by atoms with Crippen molar-refractivity contribution in [3.05, 3.63) is 53.9 Å². The second kappa shape index (κ2) is 7.23. The molecule has 0 aliphatic heterocycles. The van der Waals surface area contributed by atoms with E-state index in [4.69, 9.17) is 15.7 Å². The van der Waals surface area contributed by atoms with Crippen LogP contribution in [0.5, 0.6) is 5.88 Å². The van der Waals surface area contributed by atoms with Crippen LogP contribution in [-0.4, -0.2) is 34.6 Å². The molecule has 0 atom stereocenters. The molecule has 0 fully saturated rings. The van der Waals surface area contributed by atoms with Crippen LogP contribution in [0.25, 0.3) is 17.0 Å². The number of halogens is 1. The monoisotopic (exact) mass is 403 g/mol. The van der Waals surface area contributed by atoms with Crippen molar-refractivity contribution in [2.24, 2.45) is 0 Å². The van der Waals surface area contributed by atoms with E-state index in [1.54, 1.807) is 6.07 Å². The SMILES string of the molecule is [2H]C([2H])([2H])C(C)(C)c1cc2nnc(-c3ccccc3F)n2nc1OCc1ncnn1C([2H])([2H])C([2H])([2H])[2H]. The molecule has 0 unspecified atom stereocenters. The molecule has 0 radical (unpaired) electrons. The Balaban J connectivity index is 1.83. The molecule has 1 aromatic carbocycles. The van der Waals surface area contributed by atoms with E-state index in [9.17, 15) is 4.39 Å². The Morgan fingerprint density at radius 2 is 2.14 bits per heavy atom. The van der Waals surface area contributed by atoms with E-state index in [0.29, 0.717) is 4.68 Å². The molecule has 29 heavy (non-hydrogen) atoms. The van der Waals surface area contributed by atoms with E-state index in [-0.39, 0.29) is 34.3 Å². The highest BCUT2D eigenvalue weighted by atomic mass is 19.1. The maximum Gasteiger partial charge on any atom is 0.236 e. The second-order valence-corrected chi connectivity index (χ2v) is 6.75. The van der Waals surface area contributed by atoms with Gasteiger partial charge in [-0.1, -0.05) is 32.8 Å². The van der Waals surface area contributed by atoms with Gasteiger partial charge in [-0.25, -0.2) is 14.1 Å². The van der Waals surface area contributed by atoms with Crippen molar-refractivity contribution in [2.75, 3.05) is 0 Å². The average Bonchev–Trinajstić information content (AvgIpc) is 3.43. The van der Waals surface area contributed by atoms with Crippen molar-refractivity contribution >= 4 is 5.65 Å². The van der Waals surface area contributed by atoms with Crippen LogP contribution in [0.2, 0.25) is 0 Å². The Morgan fingerprint density at radius 3 is 2.93 bits per heavy atom. The normalized spacial score (nSPS) is 17.3. The van der Waals surface area contributed by atoms with Gasteiger partial charge in [0.25, 0.3) is 0 Å². The number of hydrogen-bond donors (Lipinski definition) is 0. The summed E-state index contributed by atoms with van der Waals surface area (Å²) in [7, 11) is 0. The smallest absolute Gasteiger partial charge is 0.236 e. The number of nitrogens with zero attached hydrogens (tertiary/aromatic N) is 7. The largest absolute Gasteiger partial charge is 0.468 e. The summed E-state index contributed by atoms with van der Waals surface area (Å²) in [6, 6.07) is 7.25. The van der Waals surface area contributed by atoms with E-state index in [2.05, 4.69) is 25.4 Å². The number of fused-ring (bicyclic) bond motifs is 1. The van der Waals surface area contributed by atoms with Crippen molar-refractivity contribution < 1.29 is 20.1 Å². The summed E-state index contributed by atoms with van der Waals surface area (Å²) in [6.07, 6.45) is 0.974. The molecule has 4 rings (SSSR count). The van der Waals surface area contributed by atoms with Gasteiger partial charge in [0.15, 0.2) is 17.3 Å².